The molecule has 19 heavy (non-hydrogen) atoms. The van der Waals surface area contributed by atoms with Gasteiger partial charge in [0.2, 0.25) is 0 Å². The Morgan fingerprint density at radius 1 is 1.21 bits per heavy atom. The maximum absolute atomic E-state index is 12.1. The summed E-state index contributed by atoms with van der Waals surface area (Å²) in [7, 11) is 0. The average Bonchev–Trinajstić information content (AvgIpc) is 2.85. The molecule has 3 aromatic rings. The van der Waals surface area contributed by atoms with Crippen LogP contribution in [0.4, 0.5) is 0 Å². The molecule has 0 N–H and O–H groups in total. The Bertz CT molecular complexity index is 750. The number of rotatable bonds is 3. The van der Waals surface area contributed by atoms with Crippen molar-refractivity contribution in [2.45, 2.75) is 6.42 Å². The topological polar surface area (TPSA) is 30.0 Å². The fourth-order valence-electron chi connectivity index (χ4n) is 1.92. The van der Waals surface area contributed by atoms with Crippen molar-refractivity contribution < 1.29 is 4.79 Å². The number of thiophene rings is 1. The van der Waals surface area contributed by atoms with Crippen LogP contribution in [0.1, 0.15) is 15.4 Å². The van der Waals surface area contributed by atoms with Gasteiger partial charge in [-0.3, -0.25) is 9.78 Å². The van der Waals surface area contributed by atoms with E-state index in [1.54, 1.807) is 0 Å². The van der Waals surface area contributed by atoms with Crippen LogP contribution in [0, 0.1) is 0 Å². The standard InChI is InChI=1S/C15H10BrNOS/c16-11-7-15(19-9-11)14(18)8-12-6-5-10-3-1-2-4-13(10)17-12/h1-7,9H,8H2. The normalized spacial score (nSPS) is 10.8. The molecule has 0 amide bonds. The first-order chi connectivity index (χ1) is 9.22. The lowest BCUT2D eigenvalue weighted by Crippen LogP contribution is -2.03. The van der Waals surface area contributed by atoms with Crippen LogP contribution in [0.3, 0.4) is 0 Å². The minimum atomic E-state index is 0.110. The first-order valence-corrected chi connectivity index (χ1v) is 7.51. The quantitative estimate of drug-likeness (QED) is 0.662. The van der Waals surface area contributed by atoms with E-state index in [2.05, 4.69) is 20.9 Å². The molecule has 0 unspecified atom stereocenters. The maximum Gasteiger partial charge on any atom is 0.178 e. The molecule has 0 fully saturated rings. The second-order valence-corrected chi connectivity index (χ2v) is 6.05. The van der Waals surface area contributed by atoms with Crippen molar-refractivity contribution in [3.8, 4) is 0 Å². The molecular weight excluding hydrogens is 322 g/mol. The van der Waals surface area contributed by atoms with Crippen LogP contribution >= 0.6 is 27.3 Å². The molecule has 4 heteroatoms. The van der Waals surface area contributed by atoms with E-state index in [9.17, 15) is 4.79 Å². The molecule has 0 saturated carbocycles. The third-order valence-corrected chi connectivity index (χ3v) is 4.57. The van der Waals surface area contributed by atoms with Crippen molar-refractivity contribution in [3.63, 3.8) is 0 Å². The molecule has 0 aliphatic rings. The zero-order valence-corrected chi connectivity index (χ0v) is 12.4. The molecule has 3 rings (SSSR count). The summed E-state index contributed by atoms with van der Waals surface area (Å²) in [5, 5.41) is 3.01. The van der Waals surface area contributed by atoms with Crippen LogP contribution in [0.5, 0.6) is 0 Å². The van der Waals surface area contributed by atoms with Gasteiger partial charge in [0.1, 0.15) is 0 Å². The number of pyridine rings is 1. The first kappa shape index (κ1) is 12.5. The lowest BCUT2D eigenvalue weighted by Gasteiger charge is -2.01. The Morgan fingerprint density at radius 3 is 2.84 bits per heavy atom. The molecule has 0 saturated heterocycles. The van der Waals surface area contributed by atoms with Gasteiger partial charge in [-0.05, 0) is 34.1 Å². The summed E-state index contributed by atoms with van der Waals surface area (Å²) in [6.45, 7) is 0. The fourth-order valence-corrected chi connectivity index (χ4v) is 3.28. The van der Waals surface area contributed by atoms with Gasteiger partial charge in [-0.15, -0.1) is 11.3 Å². The summed E-state index contributed by atoms with van der Waals surface area (Å²) in [4.78, 5) is 17.4. The molecule has 1 aromatic carbocycles. The van der Waals surface area contributed by atoms with Crippen molar-refractivity contribution in [2.24, 2.45) is 0 Å². The van der Waals surface area contributed by atoms with Crippen LogP contribution in [0.2, 0.25) is 0 Å². The fraction of sp³-hybridized carbons (Fsp3) is 0.0667. The third-order valence-electron chi connectivity index (χ3n) is 2.84. The zero-order chi connectivity index (χ0) is 13.2. The molecule has 0 radical (unpaired) electrons. The van der Waals surface area contributed by atoms with Gasteiger partial charge < -0.3 is 0 Å². The van der Waals surface area contributed by atoms with E-state index in [0.29, 0.717) is 6.42 Å². The SMILES string of the molecule is O=C(Cc1ccc2ccccc2n1)c1cc(Br)cs1. The summed E-state index contributed by atoms with van der Waals surface area (Å²) >= 11 is 4.82. The summed E-state index contributed by atoms with van der Waals surface area (Å²) in [6.07, 6.45) is 0.345. The molecule has 2 nitrogen and oxygen atoms in total. The van der Waals surface area contributed by atoms with Gasteiger partial charge in [0, 0.05) is 20.9 Å². The molecule has 0 spiro atoms. The number of aromatic nitrogens is 1. The smallest absolute Gasteiger partial charge is 0.178 e. The van der Waals surface area contributed by atoms with E-state index in [0.717, 1.165) is 25.9 Å². The number of fused-ring (bicyclic) bond motifs is 1. The van der Waals surface area contributed by atoms with Crippen molar-refractivity contribution in [1.82, 2.24) is 4.98 Å². The van der Waals surface area contributed by atoms with Gasteiger partial charge in [0.25, 0.3) is 0 Å². The van der Waals surface area contributed by atoms with Gasteiger partial charge in [0.15, 0.2) is 5.78 Å². The van der Waals surface area contributed by atoms with E-state index < -0.39 is 0 Å². The van der Waals surface area contributed by atoms with Gasteiger partial charge >= 0.3 is 0 Å². The van der Waals surface area contributed by atoms with Gasteiger partial charge in [-0.1, -0.05) is 24.3 Å². The summed E-state index contributed by atoms with van der Waals surface area (Å²) < 4.78 is 0.951. The van der Waals surface area contributed by atoms with Crippen LogP contribution in [0.25, 0.3) is 10.9 Å². The highest BCUT2D eigenvalue weighted by atomic mass is 79.9. The number of benzene rings is 1. The van der Waals surface area contributed by atoms with Crippen LogP contribution in [0.15, 0.2) is 52.3 Å². The van der Waals surface area contributed by atoms with Crippen LogP contribution < -0.4 is 0 Å². The predicted octanol–water partition coefficient (Wildman–Crippen LogP) is 4.48. The van der Waals surface area contributed by atoms with E-state index in [1.165, 1.54) is 11.3 Å². The summed E-state index contributed by atoms with van der Waals surface area (Å²) in [5.41, 5.74) is 1.74. The van der Waals surface area contributed by atoms with Crippen molar-refractivity contribution in [3.05, 3.63) is 62.9 Å². The zero-order valence-electron chi connectivity index (χ0n) is 9.97. The summed E-state index contributed by atoms with van der Waals surface area (Å²) in [6, 6.07) is 13.7. The number of ketones is 1. The predicted molar refractivity (Wildman–Crippen MR) is 81.8 cm³/mol. The number of halogens is 1. The van der Waals surface area contributed by atoms with E-state index in [-0.39, 0.29) is 5.78 Å². The second kappa shape index (κ2) is 5.23. The van der Waals surface area contributed by atoms with Crippen molar-refractivity contribution in [1.29, 1.82) is 0 Å². The minimum Gasteiger partial charge on any atom is -0.293 e. The first-order valence-electron chi connectivity index (χ1n) is 5.84. The number of para-hydroxylation sites is 1. The molecular formula is C15H10BrNOS. The number of carbonyl (C=O) groups is 1. The third kappa shape index (κ3) is 2.74. The Hall–Kier alpha value is -1.52. The Labute approximate surface area is 123 Å². The van der Waals surface area contributed by atoms with Gasteiger partial charge in [0.05, 0.1) is 16.8 Å². The number of nitrogens with zero attached hydrogens (tertiary/aromatic N) is 1. The van der Waals surface area contributed by atoms with Crippen LogP contribution in [-0.4, -0.2) is 10.8 Å². The number of Topliss-reactive ketones (excluding diaryl/α,β-unsaturated/α-hetero) is 1. The highest BCUT2D eigenvalue weighted by molar-refractivity contribution is 9.10. The van der Waals surface area contributed by atoms with Crippen LogP contribution in [-0.2, 0) is 6.42 Å². The minimum absolute atomic E-state index is 0.110. The molecule has 2 heterocycles. The lowest BCUT2D eigenvalue weighted by atomic mass is 10.1. The maximum atomic E-state index is 12.1. The van der Waals surface area contributed by atoms with Gasteiger partial charge in [-0.2, -0.15) is 0 Å². The Morgan fingerprint density at radius 2 is 2.05 bits per heavy atom. The van der Waals surface area contributed by atoms with Crippen molar-refractivity contribution in [2.75, 3.05) is 0 Å². The van der Waals surface area contributed by atoms with E-state index >= 15 is 0 Å². The summed E-state index contributed by atoms with van der Waals surface area (Å²) in [5.74, 6) is 0.110. The Balaban J connectivity index is 1.87. The average molecular weight is 332 g/mol. The van der Waals surface area contributed by atoms with Gasteiger partial charge in [-0.25, -0.2) is 0 Å². The number of carbonyl (C=O) groups excluding carboxylic acids is 1. The van der Waals surface area contributed by atoms with E-state index in [4.69, 9.17) is 0 Å². The number of hydrogen-bond donors (Lipinski definition) is 0. The molecule has 0 aliphatic carbocycles. The largest absolute Gasteiger partial charge is 0.293 e. The lowest BCUT2D eigenvalue weighted by molar-refractivity contribution is 0.0996. The van der Waals surface area contributed by atoms with Crippen molar-refractivity contribution >= 4 is 44.0 Å². The van der Waals surface area contributed by atoms with E-state index in [1.807, 2.05) is 47.8 Å². The number of hydrogen-bond acceptors (Lipinski definition) is 3. The highest BCUT2D eigenvalue weighted by Gasteiger charge is 2.10. The highest BCUT2D eigenvalue weighted by Crippen LogP contribution is 2.21. The molecule has 0 atom stereocenters. The molecule has 94 valence electrons. The molecule has 0 aliphatic heterocycles. The Kier molecular flexibility index (Phi) is 3.44. The molecule has 0 bridgehead atoms. The monoisotopic (exact) mass is 331 g/mol. The molecule has 2 aromatic heterocycles. The second-order valence-electron chi connectivity index (χ2n) is 4.22.